The van der Waals surface area contributed by atoms with Gasteiger partial charge < -0.3 is 15.6 Å². The Labute approximate surface area is 122 Å². The van der Waals surface area contributed by atoms with Crippen molar-refractivity contribution >= 4 is 5.97 Å². The van der Waals surface area contributed by atoms with Gasteiger partial charge >= 0.3 is 5.97 Å². The lowest BCUT2D eigenvalue weighted by Gasteiger charge is -2.09. The van der Waals surface area contributed by atoms with Crippen LogP contribution >= 0.6 is 0 Å². The first kappa shape index (κ1) is 15.0. The predicted molar refractivity (Wildman–Crippen MR) is 76.4 cm³/mol. The van der Waals surface area contributed by atoms with Crippen LogP contribution in [0.25, 0.3) is 5.69 Å². The molecule has 7 nitrogen and oxygen atoms in total. The molecule has 2 rings (SSSR count). The zero-order chi connectivity index (χ0) is 15.4. The fourth-order valence-corrected chi connectivity index (χ4v) is 1.78. The van der Waals surface area contributed by atoms with Gasteiger partial charge in [0.2, 0.25) is 0 Å². The fraction of sp³-hybridized carbons (Fsp3) is 0.357. The Morgan fingerprint density at radius 2 is 2.05 bits per heavy atom. The first-order valence-electron chi connectivity index (χ1n) is 6.62. The maximum Gasteiger partial charge on any atom is 0.320 e. The SMILES string of the molecule is CC(C)Oc1ccc(-n2cc(CC(N)C(=O)O)nn2)cc1. The number of rotatable bonds is 6. The van der Waals surface area contributed by atoms with Crippen LogP contribution in [0.2, 0.25) is 0 Å². The number of hydrogen-bond acceptors (Lipinski definition) is 5. The summed E-state index contributed by atoms with van der Waals surface area (Å²) in [5, 5.41) is 16.7. The van der Waals surface area contributed by atoms with Gasteiger partial charge in [-0.25, -0.2) is 4.68 Å². The van der Waals surface area contributed by atoms with Crippen molar-refractivity contribution in [2.45, 2.75) is 32.4 Å². The molecule has 0 aliphatic heterocycles. The summed E-state index contributed by atoms with van der Waals surface area (Å²) in [4.78, 5) is 10.7. The maximum atomic E-state index is 10.7. The van der Waals surface area contributed by atoms with Crippen molar-refractivity contribution in [1.29, 1.82) is 0 Å². The number of aliphatic carboxylic acids is 1. The van der Waals surface area contributed by atoms with Crippen molar-refractivity contribution in [2.75, 3.05) is 0 Å². The molecule has 0 fully saturated rings. The number of carboxylic acid groups (broad SMARTS) is 1. The maximum absolute atomic E-state index is 10.7. The van der Waals surface area contributed by atoms with Gasteiger partial charge in [0, 0.05) is 6.42 Å². The van der Waals surface area contributed by atoms with E-state index < -0.39 is 12.0 Å². The summed E-state index contributed by atoms with van der Waals surface area (Å²) in [6, 6.07) is 6.43. The van der Waals surface area contributed by atoms with Gasteiger partial charge in [-0.3, -0.25) is 4.79 Å². The third-order valence-electron chi connectivity index (χ3n) is 2.76. The average molecular weight is 290 g/mol. The van der Waals surface area contributed by atoms with E-state index >= 15 is 0 Å². The van der Waals surface area contributed by atoms with E-state index in [1.165, 1.54) is 0 Å². The zero-order valence-electron chi connectivity index (χ0n) is 11.9. The summed E-state index contributed by atoms with van der Waals surface area (Å²) in [6.45, 7) is 3.92. The Morgan fingerprint density at radius 1 is 1.38 bits per heavy atom. The molecule has 0 saturated carbocycles. The number of nitrogens with zero attached hydrogens (tertiary/aromatic N) is 3. The molecule has 112 valence electrons. The molecular formula is C14H18N4O3. The normalized spacial score (nSPS) is 12.4. The number of aromatic nitrogens is 3. The first-order chi connectivity index (χ1) is 9.95. The van der Waals surface area contributed by atoms with E-state index in [-0.39, 0.29) is 12.5 Å². The number of carbonyl (C=O) groups is 1. The van der Waals surface area contributed by atoms with Crippen LogP contribution in [0, 0.1) is 0 Å². The summed E-state index contributed by atoms with van der Waals surface area (Å²) in [6.07, 6.45) is 1.93. The zero-order valence-corrected chi connectivity index (χ0v) is 11.9. The minimum absolute atomic E-state index is 0.117. The van der Waals surface area contributed by atoms with Crippen LogP contribution in [0.1, 0.15) is 19.5 Å². The molecule has 0 aliphatic carbocycles. The highest BCUT2D eigenvalue weighted by Gasteiger charge is 2.14. The van der Waals surface area contributed by atoms with E-state index in [1.54, 1.807) is 10.9 Å². The molecule has 2 aromatic rings. The van der Waals surface area contributed by atoms with E-state index in [4.69, 9.17) is 15.6 Å². The van der Waals surface area contributed by atoms with Crippen LogP contribution in [0.4, 0.5) is 0 Å². The van der Waals surface area contributed by atoms with E-state index in [9.17, 15) is 4.79 Å². The van der Waals surface area contributed by atoms with Gasteiger partial charge in [0.1, 0.15) is 11.8 Å². The molecular weight excluding hydrogens is 272 g/mol. The molecule has 1 heterocycles. The number of hydrogen-bond donors (Lipinski definition) is 2. The molecule has 1 unspecified atom stereocenters. The predicted octanol–water partition coefficient (Wildman–Crippen LogP) is 1.01. The van der Waals surface area contributed by atoms with Crippen LogP contribution in [0.3, 0.4) is 0 Å². The van der Waals surface area contributed by atoms with E-state index in [1.807, 2.05) is 38.1 Å². The summed E-state index contributed by atoms with van der Waals surface area (Å²) in [7, 11) is 0. The van der Waals surface area contributed by atoms with Gasteiger partial charge in [-0.15, -0.1) is 5.10 Å². The minimum atomic E-state index is -1.06. The van der Waals surface area contributed by atoms with Crippen LogP contribution < -0.4 is 10.5 Å². The van der Waals surface area contributed by atoms with Crippen LogP contribution in [-0.2, 0) is 11.2 Å². The average Bonchev–Trinajstić information content (AvgIpc) is 2.87. The van der Waals surface area contributed by atoms with Gasteiger partial charge in [-0.1, -0.05) is 5.21 Å². The number of carboxylic acids is 1. The second-order valence-corrected chi connectivity index (χ2v) is 4.96. The van der Waals surface area contributed by atoms with Crippen LogP contribution in [-0.4, -0.2) is 38.2 Å². The van der Waals surface area contributed by atoms with Gasteiger partial charge in [0.05, 0.1) is 23.7 Å². The Hall–Kier alpha value is -2.41. The molecule has 1 aromatic carbocycles. The summed E-state index contributed by atoms with van der Waals surface area (Å²) in [5.74, 6) is -0.276. The summed E-state index contributed by atoms with van der Waals surface area (Å²) < 4.78 is 7.13. The second-order valence-electron chi connectivity index (χ2n) is 4.96. The molecule has 0 amide bonds. The Bertz CT molecular complexity index is 607. The molecule has 0 aliphatic rings. The molecule has 0 spiro atoms. The molecule has 21 heavy (non-hydrogen) atoms. The lowest BCUT2D eigenvalue weighted by molar-refractivity contribution is -0.138. The Morgan fingerprint density at radius 3 is 2.62 bits per heavy atom. The van der Waals surface area contributed by atoms with Crippen LogP contribution in [0.5, 0.6) is 5.75 Å². The van der Waals surface area contributed by atoms with Gasteiger partial charge in [0.25, 0.3) is 0 Å². The monoisotopic (exact) mass is 290 g/mol. The molecule has 3 N–H and O–H groups in total. The highest BCUT2D eigenvalue weighted by molar-refractivity contribution is 5.73. The van der Waals surface area contributed by atoms with Crippen molar-refractivity contribution in [3.63, 3.8) is 0 Å². The van der Waals surface area contributed by atoms with Crippen molar-refractivity contribution < 1.29 is 14.6 Å². The molecule has 1 atom stereocenters. The second kappa shape index (κ2) is 6.36. The van der Waals surface area contributed by atoms with Gasteiger partial charge in [0.15, 0.2) is 0 Å². The lowest BCUT2D eigenvalue weighted by Crippen LogP contribution is -2.32. The first-order valence-corrected chi connectivity index (χ1v) is 6.62. The van der Waals surface area contributed by atoms with Crippen molar-refractivity contribution in [3.8, 4) is 11.4 Å². The van der Waals surface area contributed by atoms with Crippen molar-refractivity contribution in [2.24, 2.45) is 5.73 Å². The van der Waals surface area contributed by atoms with Crippen LogP contribution in [0.15, 0.2) is 30.5 Å². The van der Waals surface area contributed by atoms with E-state index in [0.29, 0.717) is 5.69 Å². The molecule has 1 aromatic heterocycles. The topological polar surface area (TPSA) is 103 Å². The number of ether oxygens (including phenoxy) is 1. The lowest BCUT2D eigenvalue weighted by atomic mass is 10.2. The Kier molecular flexibility index (Phi) is 4.54. The quantitative estimate of drug-likeness (QED) is 0.823. The van der Waals surface area contributed by atoms with Crippen molar-refractivity contribution in [3.05, 3.63) is 36.2 Å². The minimum Gasteiger partial charge on any atom is -0.491 e. The largest absolute Gasteiger partial charge is 0.491 e. The molecule has 0 saturated heterocycles. The summed E-state index contributed by atoms with van der Waals surface area (Å²) >= 11 is 0. The number of nitrogens with two attached hydrogens (primary N) is 1. The van der Waals surface area contributed by atoms with Gasteiger partial charge in [-0.2, -0.15) is 0 Å². The van der Waals surface area contributed by atoms with E-state index in [2.05, 4.69) is 10.3 Å². The van der Waals surface area contributed by atoms with Crippen molar-refractivity contribution in [1.82, 2.24) is 15.0 Å². The standard InChI is InChI=1S/C14H18N4O3/c1-9(2)21-12-5-3-11(4-6-12)18-8-10(16-17-18)7-13(15)14(19)20/h3-6,8-9,13H,7,15H2,1-2H3,(H,19,20). The van der Waals surface area contributed by atoms with E-state index in [0.717, 1.165) is 11.4 Å². The third-order valence-corrected chi connectivity index (χ3v) is 2.76. The third kappa shape index (κ3) is 4.03. The van der Waals surface area contributed by atoms with Gasteiger partial charge in [-0.05, 0) is 38.1 Å². The summed E-state index contributed by atoms with van der Waals surface area (Å²) in [5.41, 5.74) is 6.82. The highest BCUT2D eigenvalue weighted by Crippen LogP contribution is 2.16. The smallest absolute Gasteiger partial charge is 0.320 e. The molecule has 7 heteroatoms. The Balaban J connectivity index is 2.08. The number of benzene rings is 1. The molecule has 0 bridgehead atoms. The fourth-order valence-electron chi connectivity index (χ4n) is 1.78. The molecule has 0 radical (unpaired) electrons. The highest BCUT2D eigenvalue weighted by atomic mass is 16.5.